The predicted octanol–water partition coefficient (Wildman–Crippen LogP) is 7.19. The molecule has 0 aliphatic heterocycles. The van der Waals surface area contributed by atoms with E-state index in [0.717, 1.165) is 29.7 Å². The molecule has 0 fully saturated rings. The summed E-state index contributed by atoms with van der Waals surface area (Å²) in [4.78, 5) is 60.0. The van der Waals surface area contributed by atoms with Gasteiger partial charge < -0.3 is 39.2 Å². The maximum absolute atomic E-state index is 13.7. The Morgan fingerprint density at radius 1 is 1.00 bits per heavy atom. The van der Waals surface area contributed by atoms with Crippen molar-refractivity contribution in [2.24, 2.45) is 22.1 Å². The molecule has 59 heavy (non-hydrogen) atoms. The van der Waals surface area contributed by atoms with Crippen LogP contribution in [0, 0.1) is 26.1 Å². The van der Waals surface area contributed by atoms with Crippen molar-refractivity contribution in [2.45, 2.75) is 78.7 Å². The molecule has 2 N–H and O–H groups in total. The summed E-state index contributed by atoms with van der Waals surface area (Å²) in [5.41, 5.74) is 3.81. The van der Waals surface area contributed by atoms with Gasteiger partial charge in [-0.1, -0.05) is 93.1 Å². The topological polar surface area (TPSA) is 254 Å². The number of aromatic nitrogens is 2. The number of esters is 1. The lowest BCUT2D eigenvalue weighted by molar-refractivity contribution is -0.790. The molecule has 0 bridgehead atoms. The van der Waals surface area contributed by atoms with Gasteiger partial charge in [0.15, 0.2) is 6.10 Å². The van der Waals surface area contributed by atoms with Crippen molar-refractivity contribution in [1.29, 1.82) is 0 Å². The number of benzene rings is 2. The van der Waals surface area contributed by atoms with Crippen molar-refractivity contribution < 1.29 is 53.1 Å². The highest BCUT2D eigenvalue weighted by molar-refractivity contribution is 6.02. The third kappa shape index (κ3) is 14.4. The number of carbonyl (C=O) groups excluding carboxylic acids is 2. The summed E-state index contributed by atoms with van der Waals surface area (Å²) >= 11 is 0. The first-order valence-electron chi connectivity index (χ1n) is 19.0. The minimum absolute atomic E-state index is 0.00336. The van der Waals surface area contributed by atoms with Gasteiger partial charge in [-0.2, -0.15) is 4.98 Å². The molecule has 4 rings (SSSR count). The van der Waals surface area contributed by atoms with Crippen molar-refractivity contribution >= 4 is 23.2 Å². The number of fused-ring (bicyclic) bond motifs is 1. The molecule has 1 aromatic heterocycles. The van der Waals surface area contributed by atoms with Crippen LogP contribution in [0.25, 0.3) is 11.0 Å². The number of hydrogen-bond donors (Lipinski definition) is 1. The fourth-order valence-corrected chi connectivity index (χ4v) is 5.86. The Hall–Kier alpha value is -6.57. The number of unbranched alkanes of at least 4 members (excludes halogenated alkanes) is 1. The van der Waals surface area contributed by atoms with Crippen molar-refractivity contribution in [3.05, 3.63) is 115 Å². The van der Waals surface area contributed by atoms with Crippen LogP contribution >= 0.6 is 0 Å². The van der Waals surface area contributed by atoms with E-state index in [2.05, 4.69) is 50.1 Å². The summed E-state index contributed by atoms with van der Waals surface area (Å²) in [7, 11) is 0. The molecule has 3 atom stereocenters. The largest absolute Gasteiger partial charge is 0.511 e. The second-order valence-electron chi connectivity index (χ2n) is 12.8. The Kier molecular flexibility index (Phi) is 18.7. The molecule has 0 radical (unpaired) electrons. The van der Waals surface area contributed by atoms with Crippen LogP contribution in [-0.2, 0) is 35.2 Å². The van der Waals surface area contributed by atoms with E-state index in [1.165, 1.54) is 13.8 Å². The zero-order valence-electron chi connectivity index (χ0n) is 33.9. The molecule has 0 saturated heterocycles. The quantitative estimate of drug-likeness (QED) is 0.0200. The summed E-state index contributed by atoms with van der Waals surface area (Å²) < 4.78 is 28.6. The minimum Gasteiger partial charge on any atom is -0.465 e. The first-order chi connectivity index (χ1) is 28.3. The van der Waals surface area contributed by atoms with Gasteiger partial charge in [0, 0.05) is 25.7 Å². The SMILES string of the molecule is CC.CCC/C=C(/N=NN)C1C=CC=CC1c1ccc(Cn2c(OCC)nc3cccc(C(=O)OC(C)(C)OC(=O)OCCOCC(CO[N+](=O)[O-])O[N+](=O)[O-])c32)cc1. The Morgan fingerprint density at radius 2 is 1.73 bits per heavy atom. The lowest BCUT2D eigenvalue weighted by Gasteiger charge is -2.25. The Bertz CT molecular complexity index is 1980. The monoisotopic (exact) mass is 825 g/mol. The molecule has 0 amide bonds. The number of nitrogens with two attached hydrogens (primary N) is 1. The Morgan fingerprint density at radius 3 is 2.39 bits per heavy atom. The molecule has 1 aliphatic carbocycles. The highest BCUT2D eigenvalue weighted by Gasteiger charge is 2.31. The van der Waals surface area contributed by atoms with Crippen molar-refractivity contribution in [3.63, 3.8) is 0 Å². The van der Waals surface area contributed by atoms with E-state index in [-0.39, 0.29) is 36.6 Å². The van der Waals surface area contributed by atoms with Crippen molar-refractivity contribution in [3.8, 4) is 6.01 Å². The van der Waals surface area contributed by atoms with Crippen LogP contribution in [0.3, 0.4) is 0 Å². The highest BCUT2D eigenvalue weighted by Crippen LogP contribution is 2.36. The van der Waals surface area contributed by atoms with Gasteiger partial charge >= 0.3 is 12.1 Å². The van der Waals surface area contributed by atoms with E-state index in [1.54, 1.807) is 22.8 Å². The first-order valence-corrected chi connectivity index (χ1v) is 19.0. The van der Waals surface area contributed by atoms with Gasteiger partial charge in [0.05, 0.1) is 48.7 Å². The average molecular weight is 826 g/mol. The maximum Gasteiger partial charge on any atom is 0.511 e. The van der Waals surface area contributed by atoms with Crippen LogP contribution in [-0.4, -0.2) is 76.8 Å². The third-order valence-electron chi connectivity index (χ3n) is 8.24. The van der Waals surface area contributed by atoms with Gasteiger partial charge in [0.2, 0.25) is 0 Å². The van der Waals surface area contributed by atoms with Gasteiger partial charge in [-0.25, -0.2) is 9.59 Å². The Labute approximate surface area is 340 Å². The van der Waals surface area contributed by atoms with Gasteiger partial charge in [-0.05, 0) is 36.6 Å². The molecule has 3 aromatic rings. The third-order valence-corrected chi connectivity index (χ3v) is 8.24. The van der Waals surface area contributed by atoms with Crippen LogP contribution in [0.4, 0.5) is 4.79 Å². The van der Waals surface area contributed by atoms with E-state index < -0.39 is 47.4 Å². The molecular formula is C39H51N7O13. The van der Waals surface area contributed by atoms with E-state index in [1.807, 2.05) is 57.2 Å². The van der Waals surface area contributed by atoms with E-state index in [9.17, 15) is 29.8 Å². The second-order valence-corrected chi connectivity index (χ2v) is 12.8. The molecule has 1 aliphatic rings. The summed E-state index contributed by atoms with van der Waals surface area (Å²) in [5.74, 6) is 2.78. The maximum atomic E-state index is 13.7. The zero-order valence-corrected chi connectivity index (χ0v) is 33.9. The molecule has 20 nitrogen and oxygen atoms in total. The predicted molar refractivity (Wildman–Crippen MR) is 212 cm³/mol. The summed E-state index contributed by atoms with van der Waals surface area (Å²) in [5, 5.41) is 26.5. The van der Waals surface area contributed by atoms with Crippen molar-refractivity contribution in [1.82, 2.24) is 9.55 Å². The fraction of sp³-hybridized carbons (Fsp3) is 0.462. The molecule has 0 saturated carbocycles. The van der Waals surface area contributed by atoms with Gasteiger partial charge in [-0.15, -0.1) is 25.3 Å². The summed E-state index contributed by atoms with van der Waals surface area (Å²) in [6, 6.07) is 13.3. The number of para-hydroxylation sites is 1. The van der Waals surface area contributed by atoms with Crippen LogP contribution in [0.1, 0.15) is 81.8 Å². The number of carbonyl (C=O) groups is 2. The van der Waals surface area contributed by atoms with Crippen LogP contribution in [0.2, 0.25) is 0 Å². The van der Waals surface area contributed by atoms with Crippen LogP contribution in [0.5, 0.6) is 6.01 Å². The molecular weight excluding hydrogens is 774 g/mol. The van der Waals surface area contributed by atoms with E-state index in [4.69, 9.17) is 29.5 Å². The standard InChI is InChI=1S/C37H45N7O13.C2H6/c1-5-7-14-31(40-41-38)29-12-9-8-11-28(29)26-18-16-25(17-19-26)22-42-33-30(13-10-15-32(33)39-35(42)52-6-2)34(45)55-37(3,4)56-36(46)53-21-20-51-23-27(57-44(49)50)24-54-43(47)48;1-2/h8-19,27-29H,5-7,20-24H2,1-4H3,(H2,38,40);1-2H3/b31-14+;. The number of ether oxygens (including phenoxy) is 5. The number of allylic oxidation sites excluding steroid dienone is 5. The molecule has 1 heterocycles. The minimum atomic E-state index is -1.80. The molecule has 3 unspecified atom stereocenters. The molecule has 20 heteroatoms. The summed E-state index contributed by atoms with van der Waals surface area (Å²) in [6.45, 7) is 9.30. The number of nitrogens with zero attached hydrogens (tertiary/aromatic N) is 6. The smallest absolute Gasteiger partial charge is 0.465 e. The molecule has 0 spiro atoms. The number of imidazole rings is 1. The van der Waals surface area contributed by atoms with Gasteiger partial charge in [-0.3, -0.25) is 4.57 Å². The van der Waals surface area contributed by atoms with Gasteiger partial charge in [0.25, 0.3) is 22.0 Å². The first kappa shape index (κ1) is 46.8. The van der Waals surface area contributed by atoms with Crippen LogP contribution < -0.4 is 10.6 Å². The number of hydrogen-bond acceptors (Lipinski definition) is 16. The van der Waals surface area contributed by atoms with Crippen molar-refractivity contribution in [2.75, 3.05) is 33.0 Å². The fourth-order valence-electron chi connectivity index (χ4n) is 5.86. The molecule has 2 aromatic carbocycles. The average Bonchev–Trinajstić information content (AvgIpc) is 3.55. The summed E-state index contributed by atoms with van der Waals surface area (Å²) in [6.07, 6.45) is 9.47. The Balaban J connectivity index is 0.00000458. The lowest BCUT2D eigenvalue weighted by Crippen LogP contribution is -2.34. The van der Waals surface area contributed by atoms with E-state index in [0.29, 0.717) is 24.2 Å². The van der Waals surface area contributed by atoms with E-state index >= 15 is 0 Å². The van der Waals surface area contributed by atoms with Crippen LogP contribution in [0.15, 0.2) is 88.9 Å². The molecule has 320 valence electrons. The second kappa shape index (κ2) is 23.6. The highest BCUT2D eigenvalue weighted by atomic mass is 17.0. The lowest BCUT2D eigenvalue weighted by atomic mass is 9.80. The van der Waals surface area contributed by atoms with Gasteiger partial charge in [0.1, 0.15) is 13.2 Å². The number of rotatable bonds is 22. The zero-order chi connectivity index (χ0) is 43.4. The normalized spacial score (nSPS) is 15.5.